The van der Waals surface area contributed by atoms with Crippen molar-refractivity contribution in [1.82, 2.24) is 0 Å². The zero-order chi connectivity index (χ0) is 14.0. The molecule has 0 saturated heterocycles. The van der Waals surface area contributed by atoms with Gasteiger partial charge in [-0.3, -0.25) is 0 Å². The molecule has 0 aliphatic rings. The summed E-state index contributed by atoms with van der Waals surface area (Å²) in [5.41, 5.74) is 8.27. The van der Waals surface area contributed by atoms with Crippen LogP contribution in [0.5, 0.6) is 0 Å². The topological polar surface area (TPSA) is 49.8 Å². The molecule has 0 amide bonds. The molecular weight excluding hydrogens is 283 g/mol. The number of hydrogen-bond donors (Lipinski definition) is 1. The van der Waals surface area contributed by atoms with Gasteiger partial charge in [-0.2, -0.15) is 5.26 Å². The quantitative estimate of drug-likeness (QED) is 0.898. The molecule has 0 unspecified atom stereocenters. The number of halogens is 2. The maximum atomic E-state index is 13.2. The van der Waals surface area contributed by atoms with Crippen molar-refractivity contribution in [3.8, 4) is 16.5 Å². The van der Waals surface area contributed by atoms with Gasteiger partial charge < -0.3 is 5.73 Å². The zero-order valence-corrected chi connectivity index (χ0v) is 11.9. The van der Waals surface area contributed by atoms with Crippen LogP contribution in [0, 0.1) is 17.1 Å². The smallest absolute Gasteiger partial charge is 0.141 e. The summed E-state index contributed by atoms with van der Waals surface area (Å²) in [5.74, 6) is -0.451. The largest absolute Gasteiger partial charge is 0.397 e. The summed E-state index contributed by atoms with van der Waals surface area (Å²) in [7, 11) is 0. The Morgan fingerprint density at radius 1 is 1.47 bits per heavy atom. The van der Waals surface area contributed by atoms with Crippen molar-refractivity contribution in [2.24, 2.45) is 0 Å². The van der Waals surface area contributed by atoms with E-state index in [-0.39, 0.29) is 5.02 Å². The molecule has 0 saturated carbocycles. The van der Waals surface area contributed by atoms with Gasteiger partial charge in [-0.1, -0.05) is 31.0 Å². The van der Waals surface area contributed by atoms with Crippen molar-refractivity contribution in [2.75, 3.05) is 5.73 Å². The monoisotopic (exact) mass is 294 g/mol. The van der Waals surface area contributed by atoms with Gasteiger partial charge in [0.2, 0.25) is 0 Å². The molecule has 1 aromatic heterocycles. The van der Waals surface area contributed by atoms with Gasteiger partial charge >= 0.3 is 0 Å². The van der Waals surface area contributed by atoms with Crippen LogP contribution in [0.3, 0.4) is 0 Å². The molecule has 19 heavy (non-hydrogen) atoms. The molecule has 5 heteroatoms. The number of nitrogens with zero attached hydrogens (tertiary/aromatic N) is 1. The van der Waals surface area contributed by atoms with Crippen molar-refractivity contribution in [3.63, 3.8) is 0 Å². The minimum absolute atomic E-state index is 0.0745. The van der Waals surface area contributed by atoms with Crippen molar-refractivity contribution in [3.05, 3.63) is 39.5 Å². The fraction of sp³-hybridized carbons (Fsp3) is 0.214. The third kappa shape index (κ3) is 2.58. The molecule has 2 nitrogen and oxygen atoms in total. The van der Waals surface area contributed by atoms with E-state index in [0.29, 0.717) is 10.6 Å². The number of nitrogens with two attached hydrogens (primary N) is 1. The summed E-state index contributed by atoms with van der Waals surface area (Å²) in [6.45, 7) is 2.05. The van der Waals surface area contributed by atoms with Gasteiger partial charge in [0.1, 0.15) is 16.8 Å². The predicted molar refractivity (Wildman–Crippen MR) is 77.8 cm³/mol. The van der Waals surface area contributed by atoms with E-state index in [1.165, 1.54) is 17.4 Å². The lowest BCUT2D eigenvalue weighted by atomic mass is 10.0. The lowest BCUT2D eigenvalue weighted by molar-refractivity contribution is 0.628. The van der Waals surface area contributed by atoms with E-state index in [9.17, 15) is 4.39 Å². The van der Waals surface area contributed by atoms with Crippen LogP contribution in [-0.4, -0.2) is 0 Å². The average molecular weight is 295 g/mol. The Bertz CT molecular complexity index is 658. The normalized spacial score (nSPS) is 10.4. The van der Waals surface area contributed by atoms with Gasteiger partial charge in [0.15, 0.2) is 0 Å². The molecule has 0 aliphatic carbocycles. The molecular formula is C14H12ClFN2S. The molecule has 0 radical (unpaired) electrons. The minimum Gasteiger partial charge on any atom is -0.397 e. The van der Waals surface area contributed by atoms with Crippen molar-refractivity contribution in [1.29, 1.82) is 5.26 Å². The highest BCUT2D eigenvalue weighted by Gasteiger charge is 2.17. The Morgan fingerprint density at radius 2 is 2.21 bits per heavy atom. The number of thiophene rings is 1. The Kier molecular flexibility index (Phi) is 4.08. The number of hydrogen-bond acceptors (Lipinski definition) is 3. The minimum atomic E-state index is -0.451. The van der Waals surface area contributed by atoms with E-state index in [4.69, 9.17) is 22.6 Å². The van der Waals surface area contributed by atoms with Crippen LogP contribution in [0.25, 0.3) is 10.4 Å². The third-order valence-electron chi connectivity index (χ3n) is 2.83. The number of anilines is 1. The lowest BCUT2D eigenvalue weighted by Gasteiger charge is -2.05. The molecule has 1 heterocycles. The maximum Gasteiger partial charge on any atom is 0.141 e. The van der Waals surface area contributed by atoms with Gasteiger partial charge in [0.25, 0.3) is 0 Å². The highest BCUT2D eigenvalue weighted by atomic mass is 35.5. The molecule has 98 valence electrons. The molecule has 0 bridgehead atoms. The van der Waals surface area contributed by atoms with E-state index in [0.717, 1.165) is 28.8 Å². The van der Waals surface area contributed by atoms with Crippen molar-refractivity contribution < 1.29 is 4.39 Å². The highest BCUT2D eigenvalue weighted by Crippen LogP contribution is 2.40. The second-order valence-electron chi connectivity index (χ2n) is 4.14. The van der Waals surface area contributed by atoms with Crippen LogP contribution in [-0.2, 0) is 6.42 Å². The van der Waals surface area contributed by atoms with Gasteiger partial charge in [0.05, 0.1) is 10.7 Å². The van der Waals surface area contributed by atoms with E-state index >= 15 is 0 Å². The number of benzene rings is 1. The first-order valence-electron chi connectivity index (χ1n) is 5.85. The number of rotatable bonds is 3. The second kappa shape index (κ2) is 5.60. The van der Waals surface area contributed by atoms with Crippen LogP contribution in [0.2, 0.25) is 5.02 Å². The summed E-state index contributed by atoms with van der Waals surface area (Å²) >= 11 is 7.13. The predicted octanol–water partition coefficient (Wildman–Crippen LogP) is 4.61. The first-order chi connectivity index (χ1) is 9.08. The summed E-state index contributed by atoms with van der Waals surface area (Å²) < 4.78 is 13.2. The van der Waals surface area contributed by atoms with Crippen LogP contribution in [0.1, 0.15) is 23.8 Å². The van der Waals surface area contributed by atoms with E-state index in [2.05, 4.69) is 6.07 Å². The molecule has 2 rings (SSSR count). The van der Waals surface area contributed by atoms with Gasteiger partial charge in [0, 0.05) is 4.88 Å². The molecule has 2 aromatic rings. The third-order valence-corrected chi connectivity index (χ3v) is 4.32. The van der Waals surface area contributed by atoms with Crippen LogP contribution < -0.4 is 5.73 Å². The molecule has 0 atom stereocenters. The first kappa shape index (κ1) is 13.9. The molecule has 1 aromatic carbocycles. The zero-order valence-electron chi connectivity index (χ0n) is 10.3. The number of nitriles is 1. The van der Waals surface area contributed by atoms with Gasteiger partial charge in [-0.15, -0.1) is 11.3 Å². The average Bonchev–Trinajstić information content (AvgIpc) is 2.71. The highest BCUT2D eigenvalue weighted by molar-refractivity contribution is 7.16. The molecule has 0 spiro atoms. The fourth-order valence-electron chi connectivity index (χ4n) is 1.93. The summed E-state index contributed by atoms with van der Waals surface area (Å²) in [5, 5.41) is 9.14. The Morgan fingerprint density at radius 3 is 2.79 bits per heavy atom. The van der Waals surface area contributed by atoms with Gasteiger partial charge in [-0.05, 0) is 29.7 Å². The van der Waals surface area contributed by atoms with E-state index < -0.39 is 5.82 Å². The van der Waals surface area contributed by atoms with E-state index in [1.54, 1.807) is 12.1 Å². The van der Waals surface area contributed by atoms with Crippen molar-refractivity contribution in [2.45, 2.75) is 19.8 Å². The Hall–Kier alpha value is -1.57. The fourth-order valence-corrected chi connectivity index (χ4v) is 3.17. The Labute approximate surface area is 120 Å². The summed E-state index contributed by atoms with van der Waals surface area (Å²) in [4.78, 5) is 1.40. The molecule has 2 N–H and O–H groups in total. The molecule has 0 aliphatic heterocycles. The summed E-state index contributed by atoms with van der Waals surface area (Å²) in [6, 6.07) is 6.66. The molecule has 0 fully saturated rings. The van der Waals surface area contributed by atoms with Crippen LogP contribution in [0.15, 0.2) is 18.2 Å². The Balaban J connectivity index is 2.60. The second-order valence-corrected chi connectivity index (χ2v) is 5.57. The lowest BCUT2D eigenvalue weighted by Crippen LogP contribution is -1.93. The number of nitrogen functional groups attached to an aromatic ring is 1. The van der Waals surface area contributed by atoms with E-state index in [1.807, 2.05) is 6.92 Å². The SMILES string of the molecule is CCCc1c(-c2ccc(F)c(Cl)c2)sc(C#N)c1N. The van der Waals surface area contributed by atoms with Crippen LogP contribution in [0.4, 0.5) is 10.1 Å². The standard InChI is InChI=1S/C14H12ClFN2S/c1-2-3-9-13(18)12(7-17)19-14(9)8-4-5-11(16)10(15)6-8/h4-6H,2-3,18H2,1H3. The summed E-state index contributed by atoms with van der Waals surface area (Å²) in [6.07, 6.45) is 1.71. The van der Waals surface area contributed by atoms with Crippen LogP contribution >= 0.6 is 22.9 Å². The first-order valence-corrected chi connectivity index (χ1v) is 7.04. The van der Waals surface area contributed by atoms with Gasteiger partial charge in [-0.25, -0.2) is 4.39 Å². The van der Waals surface area contributed by atoms with Crippen molar-refractivity contribution >= 4 is 28.6 Å². The maximum absolute atomic E-state index is 13.2.